The third-order valence-electron chi connectivity index (χ3n) is 1.85. The number of hydrogen-bond acceptors (Lipinski definition) is 3. The van der Waals surface area contributed by atoms with Gasteiger partial charge in [-0.15, -0.1) is 0 Å². The molecule has 0 radical (unpaired) electrons. The van der Waals surface area contributed by atoms with Crippen LogP contribution in [0.5, 0.6) is 0 Å². The van der Waals surface area contributed by atoms with E-state index in [2.05, 4.69) is 4.98 Å². The van der Waals surface area contributed by atoms with Crippen LogP contribution >= 0.6 is 0 Å². The number of nitrogens with zero attached hydrogens (tertiary/aromatic N) is 2. The molecule has 14 heavy (non-hydrogen) atoms. The predicted molar refractivity (Wildman–Crippen MR) is 44.8 cm³/mol. The fraction of sp³-hybridized carbons (Fsp3) is 0.556. The quantitative estimate of drug-likeness (QED) is 0.737. The van der Waals surface area contributed by atoms with Crippen molar-refractivity contribution in [2.45, 2.75) is 32.6 Å². The molecule has 76 valence electrons. The van der Waals surface area contributed by atoms with Crippen molar-refractivity contribution < 1.29 is 13.2 Å². The normalized spacial score (nSPS) is 11.8. The molecule has 0 atom stereocenters. The summed E-state index contributed by atoms with van der Waals surface area (Å²) in [6.07, 6.45) is -2.66. The van der Waals surface area contributed by atoms with Crippen molar-refractivity contribution in [1.29, 1.82) is 5.26 Å². The van der Waals surface area contributed by atoms with Crippen molar-refractivity contribution in [3.05, 3.63) is 17.3 Å². The zero-order valence-electron chi connectivity index (χ0n) is 8.14. The van der Waals surface area contributed by atoms with Gasteiger partial charge in [0, 0.05) is 0 Å². The van der Waals surface area contributed by atoms with Crippen LogP contribution in [0.3, 0.4) is 0 Å². The molecular formula is C9H10F2N2O. The maximum Gasteiger partial charge on any atom is 0.283 e. The number of rotatable bonds is 2. The van der Waals surface area contributed by atoms with Crippen molar-refractivity contribution in [1.82, 2.24) is 4.98 Å². The maximum atomic E-state index is 12.3. The van der Waals surface area contributed by atoms with Crippen molar-refractivity contribution >= 4 is 0 Å². The highest BCUT2D eigenvalue weighted by molar-refractivity contribution is 5.19. The lowest BCUT2D eigenvalue weighted by Crippen LogP contribution is -2.14. The van der Waals surface area contributed by atoms with Crippen LogP contribution in [-0.4, -0.2) is 4.98 Å². The second-order valence-corrected chi connectivity index (χ2v) is 3.50. The van der Waals surface area contributed by atoms with Crippen molar-refractivity contribution in [3.63, 3.8) is 0 Å². The molecule has 0 spiro atoms. The van der Waals surface area contributed by atoms with E-state index in [-0.39, 0.29) is 17.3 Å². The number of hydrogen-bond donors (Lipinski definition) is 0. The summed E-state index contributed by atoms with van der Waals surface area (Å²) in [5.74, 6) is 0.103. The Balaban J connectivity index is 3.16. The molecule has 1 aromatic heterocycles. The lowest BCUT2D eigenvalue weighted by Gasteiger charge is -2.08. The largest absolute Gasteiger partial charge is 0.444 e. The van der Waals surface area contributed by atoms with Crippen LogP contribution in [0.1, 0.15) is 37.6 Å². The van der Waals surface area contributed by atoms with Crippen LogP contribution < -0.4 is 0 Å². The summed E-state index contributed by atoms with van der Waals surface area (Å²) >= 11 is 0. The molecule has 5 heteroatoms. The van der Waals surface area contributed by atoms with Crippen LogP contribution in [0.25, 0.3) is 0 Å². The van der Waals surface area contributed by atoms with E-state index in [1.165, 1.54) is 6.92 Å². The molecule has 0 fully saturated rings. The number of nitriles is 1. The Bertz CT molecular complexity index is 377. The maximum absolute atomic E-state index is 12.3. The standard InChI is InChI=1S/C9H10F2N2O/c1-5-6(7(10)11)13-8(14-5)9(2,3)4-12/h7H,1-3H3. The number of oxazole rings is 1. The van der Waals surface area contributed by atoms with Crippen molar-refractivity contribution in [2.75, 3.05) is 0 Å². The predicted octanol–water partition coefficient (Wildman–Crippen LogP) is 2.72. The Hall–Kier alpha value is -1.44. The van der Waals surface area contributed by atoms with Crippen LogP contribution in [-0.2, 0) is 5.41 Å². The van der Waals surface area contributed by atoms with Gasteiger partial charge >= 0.3 is 0 Å². The summed E-state index contributed by atoms with van der Waals surface area (Å²) in [4.78, 5) is 3.61. The van der Waals surface area contributed by atoms with Gasteiger partial charge in [-0.05, 0) is 20.8 Å². The molecule has 0 amide bonds. The first-order valence-corrected chi connectivity index (χ1v) is 4.05. The molecule has 0 aliphatic heterocycles. The highest BCUT2D eigenvalue weighted by Crippen LogP contribution is 2.28. The van der Waals surface area contributed by atoms with E-state index in [0.29, 0.717) is 0 Å². The molecular weight excluding hydrogens is 190 g/mol. The van der Waals surface area contributed by atoms with Gasteiger partial charge in [-0.1, -0.05) is 0 Å². The third kappa shape index (κ3) is 1.74. The summed E-state index contributed by atoms with van der Waals surface area (Å²) in [6, 6.07) is 1.94. The first kappa shape index (κ1) is 10.6. The smallest absolute Gasteiger partial charge is 0.283 e. The van der Waals surface area contributed by atoms with Crippen molar-refractivity contribution in [3.8, 4) is 6.07 Å². The summed E-state index contributed by atoms with van der Waals surface area (Å²) in [7, 11) is 0. The van der Waals surface area contributed by atoms with E-state index >= 15 is 0 Å². The number of alkyl halides is 2. The van der Waals surface area contributed by atoms with E-state index in [1.54, 1.807) is 13.8 Å². The molecule has 1 rings (SSSR count). The first-order valence-electron chi connectivity index (χ1n) is 4.05. The second-order valence-electron chi connectivity index (χ2n) is 3.50. The fourth-order valence-electron chi connectivity index (χ4n) is 0.926. The van der Waals surface area contributed by atoms with E-state index in [1.807, 2.05) is 6.07 Å². The third-order valence-corrected chi connectivity index (χ3v) is 1.85. The Kier molecular flexibility index (Phi) is 2.56. The summed E-state index contributed by atoms with van der Waals surface area (Å²) in [5, 5.41) is 8.75. The van der Waals surface area contributed by atoms with Gasteiger partial charge in [-0.2, -0.15) is 5.26 Å². The molecule has 0 saturated carbocycles. The van der Waals surface area contributed by atoms with E-state index < -0.39 is 11.8 Å². The Morgan fingerprint density at radius 3 is 2.43 bits per heavy atom. The van der Waals surface area contributed by atoms with Crippen LogP contribution in [0.2, 0.25) is 0 Å². The van der Waals surface area contributed by atoms with Crippen LogP contribution in [0, 0.1) is 18.3 Å². The Morgan fingerprint density at radius 2 is 2.07 bits per heavy atom. The van der Waals surface area contributed by atoms with Gasteiger partial charge in [0.2, 0.25) is 5.89 Å². The fourth-order valence-corrected chi connectivity index (χ4v) is 0.926. The van der Waals surface area contributed by atoms with Gasteiger partial charge in [0.25, 0.3) is 6.43 Å². The van der Waals surface area contributed by atoms with Crippen LogP contribution in [0.4, 0.5) is 8.78 Å². The van der Waals surface area contributed by atoms with Gasteiger partial charge in [0.15, 0.2) is 0 Å². The lowest BCUT2D eigenvalue weighted by molar-refractivity contribution is 0.144. The topological polar surface area (TPSA) is 49.8 Å². The minimum absolute atomic E-state index is 0.0350. The van der Waals surface area contributed by atoms with Crippen LogP contribution in [0.15, 0.2) is 4.42 Å². The molecule has 3 nitrogen and oxygen atoms in total. The van der Waals surface area contributed by atoms with Gasteiger partial charge in [0.05, 0.1) is 6.07 Å². The van der Waals surface area contributed by atoms with E-state index in [4.69, 9.17) is 9.68 Å². The number of halogens is 2. The van der Waals surface area contributed by atoms with E-state index in [9.17, 15) is 8.78 Å². The second kappa shape index (κ2) is 3.37. The SMILES string of the molecule is Cc1oc(C(C)(C)C#N)nc1C(F)F. The molecule has 0 bridgehead atoms. The Morgan fingerprint density at radius 1 is 1.50 bits per heavy atom. The van der Waals surface area contributed by atoms with Gasteiger partial charge in [-0.25, -0.2) is 13.8 Å². The molecule has 0 unspecified atom stereocenters. The average Bonchev–Trinajstić information content (AvgIpc) is 2.48. The molecule has 1 heterocycles. The monoisotopic (exact) mass is 200 g/mol. The number of aryl methyl sites for hydroxylation is 1. The zero-order chi connectivity index (χ0) is 10.9. The number of aromatic nitrogens is 1. The highest BCUT2D eigenvalue weighted by Gasteiger charge is 2.29. The zero-order valence-corrected chi connectivity index (χ0v) is 8.14. The minimum atomic E-state index is -2.66. The lowest BCUT2D eigenvalue weighted by atomic mass is 9.96. The summed E-state index contributed by atoms with van der Waals surface area (Å²) in [6.45, 7) is 4.53. The molecule has 0 aliphatic rings. The molecule has 0 aliphatic carbocycles. The van der Waals surface area contributed by atoms with Gasteiger partial charge < -0.3 is 4.42 Å². The van der Waals surface area contributed by atoms with Gasteiger partial charge in [-0.3, -0.25) is 0 Å². The minimum Gasteiger partial charge on any atom is -0.444 e. The Labute approximate surface area is 80.4 Å². The summed E-state index contributed by atoms with van der Waals surface area (Å²) < 4.78 is 29.7. The average molecular weight is 200 g/mol. The first-order chi connectivity index (χ1) is 6.38. The van der Waals surface area contributed by atoms with Crippen molar-refractivity contribution in [2.24, 2.45) is 0 Å². The highest BCUT2D eigenvalue weighted by atomic mass is 19.3. The molecule has 0 aromatic carbocycles. The van der Waals surface area contributed by atoms with E-state index in [0.717, 1.165) is 0 Å². The van der Waals surface area contributed by atoms with Gasteiger partial charge in [0.1, 0.15) is 16.9 Å². The molecule has 0 N–H and O–H groups in total. The summed E-state index contributed by atoms with van der Waals surface area (Å²) in [5.41, 5.74) is -1.36. The molecule has 1 aromatic rings. The molecule has 0 saturated heterocycles.